The molecule has 0 saturated heterocycles. The predicted molar refractivity (Wildman–Crippen MR) is 68.5 cm³/mol. The molecule has 1 aromatic carbocycles. The molecule has 0 bridgehead atoms. The summed E-state index contributed by atoms with van der Waals surface area (Å²) in [7, 11) is 0. The third-order valence-corrected chi connectivity index (χ3v) is 2.38. The summed E-state index contributed by atoms with van der Waals surface area (Å²) < 4.78 is 5.48. The maximum Gasteiger partial charge on any atom is 0.328 e. The first-order valence-corrected chi connectivity index (χ1v) is 5.72. The lowest BCUT2D eigenvalue weighted by Gasteiger charge is -2.10. The van der Waals surface area contributed by atoms with E-state index >= 15 is 0 Å². The number of carboxylic acid groups (broad SMARTS) is 1. The molecular weight excluding hydrogens is 254 g/mol. The number of nitriles is 1. The minimum atomic E-state index is -1.04. The number of hydrogen-bond donors (Lipinski definition) is 1. The number of carboxylic acids is 1. The number of nitrogens with zero attached hydrogens (tertiary/aromatic N) is 1. The van der Waals surface area contributed by atoms with Crippen molar-refractivity contribution in [3.8, 4) is 11.8 Å². The largest absolute Gasteiger partial charge is 0.491 e. The second-order valence-electron chi connectivity index (χ2n) is 3.44. The summed E-state index contributed by atoms with van der Waals surface area (Å²) >= 11 is 5.99. The van der Waals surface area contributed by atoms with Crippen LogP contribution in [0.2, 0.25) is 5.02 Å². The molecule has 5 heteroatoms. The van der Waals surface area contributed by atoms with Crippen molar-refractivity contribution in [1.29, 1.82) is 5.26 Å². The molecule has 0 aliphatic carbocycles. The molecule has 94 valence electrons. The fourth-order valence-corrected chi connectivity index (χ4v) is 1.53. The van der Waals surface area contributed by atoms with Crippen molar-refractivity contribution in [3.05, 3.63) is 34.9 Å². The molecule has 18 heavy (non-hydrogen) atoms. The molecule has 0 aliphatic heterocycles. The Morgan fingerprint density at radius 2 is 2.33 bits per heavy atom. The fourth-order valence-electron chi connectivity index (χ4n) is 1.30. The van der Waals surface area contributed by atoms with E-state index in [9.17, 15) is 4.79 Å². The Bertz CT molecular complexity index is 491. The minimum absolute atomic E-state index is 0.366. The van der Waals surface area contributed by atoms with Gasteiger partial charge in [0, 0.05) is 18.1 Å². The molecule has 0 fully saturated rings. The lowest BCUT2D eigenvalue weighted by molar-refractivity contribution is -0.131. The SMILES string of the molecule is N#CCCCOc1c(Cl)cccc1/C=C/C(=O)O. The standard InChI is InChI=1S/C13H12ClNO3/c14-11-5-3-4-10(6-7-12(16)17)13(11)18-9-2-1-8-15/h3-7H,1-2,9H2,(H,16,17)/b7-6+. The highest BCUT2D eigenvalue weighted by Gasteiger charge is 2.06. The highest BCUT2D eigenvalue weighted by Crippen LogP contribution is 2.29. The van der Waals surface area contributed by atoms with Crippen molar-refractivity contribution in [2.75, 3.05) is 6.61 Å². The Balaban J connectivity index is 2.81. The van der Waals surface area contributed by atoms with E-state index in [0.29, 0.717) is 35.8 Å². The fraction of sp³-hybridized carbons (Fsp3) is 0.231. The summed E-state index contributed by atoms with van der Waals surface area (Å²) in [6.07, 6.45) is 3.45. The van der Waals surface area contributed by atoms with Crippen molar-refractivity contribution in [2.45, 2.75) is 12.8 Å². The second-order valence-corrected chi connectivity index (χ2v) is 3.85. The summed E-state index contributed by atoms with van der Waals surface area (Å²) in [5.41, 5.74) is 0.599. The maximum atomic E-state index is 10.5. The molecule has 0 atom stereocenters. The molecule has 1 aromatic rings. The van der Waals surface area contributed by atoms with Crippen LogP contribution in [0, 0.1) is 11.3 Å². The monoisotopic (exact) mass is 265 g/mol. The van der Waals surface area contributed by atoms with Gasteiger partial charge in [-0.05, 0) is 18.6 Å². The number of aliphatic carboxylic acids is 1. The van der Waals surface area contributed by atoms with Crippen LogP contribution in [0.5, 0.6) is 5.75 Å². The number of rotatable bonds is 6. The quantitative estimate of drug-likeness (QED) is 0.634. The molecule has 0 radical (unpaired) electrons. The van der Waals surface area contributed by atoms with E-state index in [1.54, 1.807) is 18.2 Å². The van der Waals surface area contributed by atoms with Gasteiger partial charge in [0.1, 0.15) is 5.75 Å². The summed E-state index contributed by atoms with van der Waals surface area (Å²) in [6.45, 7) is 0.366. The van der Waals surface area contributed by atoms with Crippen LogP contribution in [0.3, 0.4) is 0 Å². The summed E-state index contributed by atoms with van der Waals surface area (Å²) in [4.78, 5) is 10.5. The Kier molecular flexibility index (Phi) is 5.75. The van der Waals surface area contributed by atoms with Crippen molar-refractivity contribution >= 4 is 23.6 Å². The Morgan fingerprint density at radius 1 is 1.56 bits per heavy atom. The molecule has 0 amide bonds. The molecule has 1 rings (SSSR count). The summed E-state index contributed by atoms with van der Waals surface area (Å²) in [6, 6.07) is 7.11. The van der Waals surface area contributed by atoms with Crippen LogP contribution < -0.4 is 4.74 Å². The zero-order valence-electron chi connectivity index (χ0n) is 9.60. The van der Waals surface area contributed by atoms with Gasteiger partial charge in [0.15, 0.2) is 0 Å². The number of hydrogen-bond acceptors (Lipinski definition) is 3. The normalized spacial score (nSPS) is 10.2. The Morgan fingerprint density at radius 3 is 3.00 bits per heavy atom. The number of ether oxygens (including phenoxy) is 1. The molecule has 4 nitrogen and oxygen atoms in total. The second kappa shape index (κ2) is 7.36. The van der Waals surface area contributed by atoms with Crippen LogP contribution in [0.4, 0.5) is 0 Å². The van der Waals surface area contributed by atoms with Gasteiger partial charge in [-0.25, -0.2) is 4.79 Å². The topological polar surface area (TPSA) is 70.3 Å². The number of carbonyl (C=O) groups is 1. The van der Waals surface area contributed by atoms with Gasteiger partial charge in [0.05, 0.1) is 17.7 Å². The van der Waals surface area contributed by atoms with Gasteiger partial charge in [-0.3, -0.25) is 0 Å². The van der Waals surface area contributed by atoms with Gasteiger partial charge in [-0.15, -0.1) is 0 Å². The number of benzene rings is 1. The van der Waals surface area contributed by atoms with Crippen LogP contribution >= 0.6 is 11.6 Å². The molecular formula is C13H12ClNO3. The summed E-state index contributed by atoms with van der Waals surface area (Å²) in [5, 5.41) is 17.4. The van der Waals surface area contributed by atoms with Crippen LogP contribution in [-0.2, 0) is 4.79 Å². The molecule has 0 aromatic heterocycles. The van der Waals surface area contributed by atoms with E-state index in [-0.39, 0.29) is 0 Å². The lowest BCUT2D eigenvalue weighted by Crippen LogP contribution is -1.99. The zero-order valence-corrected chi connectivity index (χ0v) is 10.4. The maximum absolute atomic E-state index is 10.5. The molecule has 1 N–H and O–H groups in total. The summed E-state index contributed by atoms with van der Waals surface area (Å²) in [5.74, 6) is -0.597. The van der Waals surface area contributed by atoms with Gasteiger partial charge in [0.25, 0.3) is 0 Å². The first-order valence-electron chi connectivity index (χ1n) is 5.34. The highest BCUT2D eigenvalue weighted by molar-refractivity contribution is 6.32. The zero-order chi connectivity index (χ0) is 13.4. The third kappa shape index (κ3) is 4.48. The molecule has 0 saturated carbocycles. The van der Waals surface area contributed by atoms with Gasteiger partial charge in [-0.1, -0.05) is 23.7 Å². The first-order chi connectivity index (χ1) is 8.65. The van der Waals surface area contributed by atoms with Crippen molar-refractivity contribution in [3.63, 3.8) is 0 Å². The Labute approximate surface area is 110 Å². The third-order valence-electron chi connectivity index (χ3n) is 2.08. The van der Waals surface area contributed by atoms with Crippen molar-refractivity contribution < 1.29 is 14.6 Å². The smallest absolute Gasteiger partial charge is 0.328 e. The highest BCUT2D eigenvalue weighted by atomic mass is 35.5. The van der Waals surface area contributed by atoms with Gasteiger partial charge in [0.2, 0.25) is 0 Å². The van der Waals surface area contributed by atoms with Crippen LogP contribution in [0.15, 0.2) is 24.3 Å². The van der Waals surface area contributed by atoms with Gasteiger partial charge >= 0.3 is 5.97 Å². The van der Waals surface area contributed by atoms with Crippen molar-refractivity contribution in [2.24, 2.45) is 0 Å². The van der Waals surface area contributed by atoms with Gasteiger partial charge < -0.3 is 9.84 Å². The Hall–Kier alpha value is -1.99. The average molecular weight is 266 g/mol. The number of halogens is 1. The van der Waals surface area contributed by atoms with E-state index in [4.69, 9.17) is 26.7 Å². The molecule has 0 heterocycles. The van der Waals surface area contributed by atoms with E-state index in [2.05, 4.69) is 0 Å². The average Bonchev–Trinajstić information content (AvgIpc) is 2.34. The van der Waals surface area contributed by atoms with Crippen LogP contribution in [-0.4, -0.2) is 17.7 Å². The number of para-hydroxylation sites is 1. The van der Waals surface area contributed by atoms with E-state index < -0.39 is 5.97 Å². The number of unbranched alkanes of at least 4 members (excludes halogenated alkanes) is 1. The van der Waals surface area contributed by atoms with E-state index in [1.165, 1.54) is 6.08 Å². The van der Waals surface area contributed by atoms with E-state index in [0.717, 1.165) is 6.08 Å². The molecule has 0 spiro atoms. The molecule has 0 aliphatic rings. The molecule has 0 unspecified atom stereocenters. The lowest BCUT2D eigenvalue weighted by atomic mass is 10.2. The van der Waals surface area contributed by atoms with Crippen LogP contribution in [0.25, 0.3) is 6.08 Å². The first kappa shape index (κ1) is 14.1. The van der Waals surface area contributed by atoms with E-state index in [1.807, 2.05) is 6.07 Å². The predicted octanol–water partition coefficient (Wildman–Crippen LogP) is 3.12. The van der Waals surface area contributed by atoms with Crippen LogP contribution in [0.1, 0.15) is 18.4 Å². The van der Waals surface area contributed by atoms with Crippen molar-refractivity contribution in [1.82, 2.24) is 0 Å². The minimum Gasteiger partial charge on any atom is -0.491 e. The van der Waals surface area contributed by atoms with Gasteiger partial charge in [-0.2, -0.15) is 5.26 Å².